The molecule has 0 aromatic rings. The summed E-state index contributed by atoms with van der Waals surface area (Å²) in [5.74, 6) is 1.49. The summed E-state index contributed by atoms with van der Waals surface area (Å²) in [5.41, 5.74) is 1.80. The largest absolute Gasteiger partial charge is 0.289 e. The quantitative estimate of drug-likeness (QED) is 0.450. The van der Waals surface area contributed by atoms with Crippen molar-refractivity contribution in [1.29, 1.82) is 0 Å². The van der Waals surface area contributed by atoms with E-state index < -0.39 is 0 Å². The van der Waals surface area contributed by atoms with Gasteiger partial charge in [0, 0.05) is 5.57 Å². The zero-order chi connectivity index (χ0) is 17.0. The fourth-order valence-corrected chi connectivity index (χ4v) is 2.09. The van der Waals surface area contributed by atoms with Gasteiger partial charge < -0.3 is 0 Å². The molecular weight excluding hydrogens is 268 g/mol. The van der Waals surface area contributed by atoms with Crippen molar-refractivity contribution >= 4 is 5.78 Å². The Labute approximate surface area is 136 Å². The molecule has 0 bridgehead atoms. The molecule has 0 aliphatic heterocycles. The minimum absolute atomic E-state index is 0.0141. The van der Waals surface area contributed by atoms with Gasteiger partial charge in [0.2, 0.25) is 0 Å². The van der Waals surface area contributed by atoms with Crippen molar-refractivity contribution in [1.82, 2.24) is 0 Å². The fraction of sp³-hybridized carbons (Fsp3) is 0.381. The number of fused-ring (bicyclic) bond motifs is 1. The van der Waals surface area contributed by atoms with Crippen molar-refractivity contribution in [3.05, 3.63) is 72.4 Å². The number of carbonyl (C=O) groups excluding carboxylic acids is 1. The first-order valence-corrected chi connectivity index (χ1v) is 8.32. The van der Waals surface area contributed by atoms with Crippen molar-refractivity contribution in [2.75, 3.05) is 0 Å². The zero-order valence-corrected chi connectivity index (χ0v) is 14.7. The molecule has 1 heteroatoms. The number of allylic oxidation sites excluding steroid dienone is 11. The Morgan fingerprint density at radius 2 is 1.86 bits per heavy atom. The topological polar surface area (TPSA) is 17.1 Å². The second-order valence-electron chi connectivity index (χ2n) is 4.64. The minimum atomic E-state index is 0.0141. The Morgan fingerprint density at radius 1 is 1.18 bits per heavy atom. The van der Waals surface area contributed by atoms with Crippen LogP contribution in [0.15, 0.2) is 72.4 Å². The fourth-order valence-electron chi connectivity index (χ4n) is 2.09. The lowest BCUT2D eigenvalue weighted by atomic mass is 10.0. The molecule has 2 unspecified atom stereocenters. The van der Waals surface area contributed by atoms with Crippen molar-refractivity contribution in [2.45, 2.75) is 41.0 Å². The molecule has 0 aromatic heterocycles. The van der Waals surface area contributed by atoms with Crippen LogP contribution >= 0.6 is 0 Å². The number of ketones is 1. The Hall–Kier alpha value is -1.89. The van der Waals surface area contributed by atoms with Crippen LogP contribution in [0.1, 0.15) is 41.0 Å². The Bertz CT molecular complexity index is 498. The smallest absolute Gasteiger partial charge is 0.185 e. The maximum absolute atomic E-state index is 12.0. The Balaban J connectivity index is 0.00000102. The van der Waals surface area contributed by atoms with Gasteiger partial charge in [-0.25, -0.2) is 0 Å². The molecule has 0 spiro atoms. The van der Waals surface area contributed by atoms with Crippen LogP contribution in [0.25, 0.3) is 0 Å². The molecule has 1 nitrogen and oxygen atoms in total. The highest BCUT2D eigenvalue weighted by Crippen LogP contribution is 2.44. The predicted octanol–water partition coefficient (Wildman–Crippen LogP) is 5.98. The summed E-state index contributed by atoms with van der Waals surface area (Å²) in [6.45, 7) is 13.5. The average Bonchev–Trinajstić information content (AvgIpc) is 3.35. The van der Waals surface area contributed by atoms with Crippen molar-refractivity contribution in [3.63, 3.8) is 0 Å². The molecule has 2 aliphatic rings. The van der Waals surface area contributed by atoms with Crippen LogP contribution < -0.4 is 0 Å². The SMILES string of the molecule is C=C/C=C(\C=C/C)C(=O)/C=C/C1=CC2CC2C=C1.CC.CC. The molecule has 0 saturated heterocycles. The van der Waals surface area contributed by atoms with Crippen LogP contribution in [0.2, 0.25) is 0 Å². The predicted molar refractivity (Wildman–Crippen MR) is 98.8 cm³/mol. The van der Waals surface area contributed by atoms with Gasteiger partial charge in [-0.05, 0) is 36.8 Å². The molecule has 0 aromatic carbocycles. The lowest BCUT2D eigenvalue weighted by Gasteiger charge is -2.00. The first-order valence-electron chi connectivity index (χ1n) is 8.32. The van der Waals surface area contributed by atoms with E-state index in [2.05, 4.69) is 24.8 Å². The first-order chi connectivity index (χ1) is 10.7. The molecule has 0 heterocycles. The monoisotopic (exact) mass is 298 g/mol. The van der Waals surface area contributed by atoms with E-state index in [9.17, 15) is 4.79 Å². The van der Waals surface area contributed by atoms with Gasteiger partial charge in [0.1, 0.15) is 0 Å². The number of hydrogen-bond acceptors (Lipinski definition) is 1. The second kappa shape index (κ2) is 11.7. The Kier molecular flexibility index (Phi) is 10.7. The van der Waals surface area contributed by atoms with E-state index in [4.69, 9.17) is 0 Å². The molecule has 0 N–H and O–H groups in total. The normalized spacial score (nSPS) is 22.0. The number of hydrogen-bond donors (Lipinski definition) is 0. The zero-order valence-electron chi connectivity index (χ0n) is 14.7. The molecule has 1 fully saturated rings. The Morgan fingerprint density at radius 3 is 2.41 bits per heavy atom. The summed E-state index contributed by atoms with van der Waals surface area (Å²) in [6, 6.07) is 0. The molecule has 2 aliphatic carbocycles. The summed E-state index contributed by atoms with van der Waals surface area (Å²) in [4.78, 5) is 12.0. The van der Waals surface area contributed by atoms with Crippen LogP contribution in [0.4, 0.5) is 0 Å². The summed E-state index contributed by atoms with van der Waals surface area (Å²) in [6.07, 6.45) is 18.4. The molecule has 120 valence electrons. The van der Waals surface area contributed by atoms with Crippen molar-refractivity contribution < 1.29 is 4.79 Å². The van der Waals surface area contributed by atoms with Gasteiger partial charge in [-0.3, -0.25) is 4.79 Å². The highest BCUT2D eigenvalue weighted by atomic mass is 16.1. The van der Waals surface area contributed by atoms with Gasteiger partial charge in [0.25, 0.3) is 0 Å². The summed E-state index contributed by atoms with van der Waals surface area (Å²) in [7, 11) is 0. The molecule has 0 amide bonds. The molecule has 1 saturated carbocycles. The highest BCUT2D eigenvalue weighted by molar-refractivity contribution is 6.06. The summed E-state index contributed by atoms with van der Waals surface area (Å²) in [5, 5.41) is 0. The third-order valence-corrected chi connectivity index (χ3v) is 3.19. The van der Waals surface area contributed by atoms with Gasteiger partial charge in [-0.2, -0.15) is 0 Å². The molecule has 22 heavy (non-hydrogen) atoms. The van der Waals surface area contributed by atoms with E-state index in [-0.39, 0.29) is 5.78 Å². The van der Waals surface area contributed by atoms with Gasteiger partial charge in [-0.15, -0.1) is 0 Å². The first kappa shape index (κ1) is 20.1. The van der Waals surface area contributed by atoms with E-state index >= 15 is 0 Å². The third kappa shape index (κ3) is 6.71. The summed E-state index contributed by atoms with van der Waals surface area (Å²) >= 11 is 0. The van der Waals surface area contributed by atoms with E-state index in [0.717, 1.165) is 11.5 Å². The van der Waals surface area contributed by atoms with Gasteiger partial charge in [0.05, 0.1) is 0 Å². The van der Waals surface area contributed by atoms with Gasteiger partial charge in [-0.1, -0.05) is 82.9 Å². The van der Waals surface area contributed by atoms with E-state index in [1.165, 1.54) is 6.42 Å². The van der Waals surface area contributed by atoms with Crippen LogP contribution in [0, 0.1) is 11.8 Å². The van der Waals surface area contributed by atoms with Crippen LogP contribution in [-0.4, -0.2) is 5.78 Å². The van der Waals surface area contributed by atoms with Crippen LogP contribution in [0.5, 0.6) is 0 Å². The van der Waals surface area contributed by atoms with E-state index in [1.807, 2.05) is 46.8 Å². The second-order valence-corrected chi connectivity index (χ2v) is 4.64. The van der Waals surface area contributed by atoms with Gasteiger partial charge in [0.15, 0.2) is 5.78 Å². The third-order valence-electron chi connectivity index (χ3n) is 3.19. The number of carbonyl (C=O) groups is 1. The van der Waals surface area contributed by atoms with Crippen molar-refractivity contribution in [3.8, 4) is 0 Å². The molecular formula is C21H30O. The van der Waals surface area contributed by atoms with Crippen LogP contribution in [-0.2, 0) is 4.79 Å². The van der Waals surface area contributed by atoms with Crippen molar-refractivity contribution in [2.24, 2.45) is 11.8 Å². The molecule has 2 rings (SSSR count). The average molecular weight is 298 g/mol. The van der Waals surface area contributed by atoms with Crippen LogP contribution in [0.3, 0.4) is 0 Å². The maximum atomic E-state index is 12.0. The lowest BCUT2D eigenvalue weighted by molar-refractivity contribution is -0.111. The number of rotatable bonds is 5. The molecule has 0 radical (unpaired) electrons. The lowest BCUT2D eigenvalue weighted by Crippen LogP contribution is -1.96. The maximum Gasteiger partial charge on any atom is 0.185 e. The molecule has 2 atom stereocenters. The standard InChI is InChI=1S/C17H18O.2C2H6/c1-3-5-14(6-4-2)17(18)10-8-13-7-9-15-12-16(15)11-13;2*1-2/h3-11,15-16H,1,12H2,2H3;2*1-2H3/b6-4-,10-8+,14-5+;;. The van der Waals surface area contributed by atoms with E-state index in [0.29, 0.717) is 11.5 Å². The van der Waals surface area contributed by atoms with E-state index in [1.54, 1.807) is 24.3 Å². The minimum Gasteiger partial charge on any atom is -0.289 e. The summed E-state index contributed by atoms with van der Waals surface area (Å²) < 4.78 is 0. The highest BCUT2D eigenvalue weighted by Gasteiger charge is 2.34. The van der Waals surface area contributed by atoms with Gasteiger partial charge >= 0.3 is 0 Å².